The molecular weight excluding hydrogens is 244 g/mol. The third-order valence-corrected chi connectivity index (χ3v) is 3.43. The summed E-state index contributed by atoms with van der Waals surface area (Å²) in [5.74, 6) is 5.24. The second kappa shape index (κ2) is 5.03. The molecule has 3 rings (SSSR count). The van der Waals surface area contributed by atoms with Crippen LogP contribution in [0.5, 0.6) is 0 Å². The van der Waals surface area contributed by atoms with Gasteiger partial charge in [0.15, 0.2) is 0 Å². The first kappa shape index (κ1) is 12.2. The van der Waals surface area contributed by atoms with E-state index in [1.165, 1.54) is 11.1 Å². The Morgan fingerprint density at radius 1 is 0.750 bits per heavy atom. The Labute approximate surface area is 118 Å². The molecule has 0 saturated heterocycles. The first-order chi connectivity index (χ1) is 9.80. The predicted molar refractivity (Wildman–Crippen MR) is 80.3 cm³/mol. The molecule has 0 spiro atoms. The Hall–Kier alpha value is -2.84. The Morgan fingerprint density at radius 3 is 1.60 bits per heavy atom. The maximum absolute atomic E-state index is 5.42. The SMILES string of the molecule is C#Cc1ccc2c(c1)N=Nc1cc(C#C)ccc1CC2. The van der Waals surface area contributed by atoms with Gasteiger partial charge in [0.1, 0.15) is 0 Å². The predicted octanol–water partition coefficient (Wildman–Crippen LogP) is 4.16. The van der Waals surface area contributed by atoms with E-state index in [9.17, 15) is 0 Å². The fraction of sp³-hybridized carbons (Fsp3) is 0.111. The summed E-state index contributed by atoms with van der Waals surface area (Å²) in [4.78, 5) is 0. The molecule has 2 heteroatoms. The molecule has 0 radical (unpaired) electrons. The summed E-state index contributed by atoms with van der Waals surface area (Å²) in [7, 11) is 0. The minimum Gasteiger partial charge on any atom is -0.150 e. The Bertz CT molecular complexity index is 719. The minimum absolute atomic E-state index is 0.820. The van der Waals surface area contributed by atoms with Crippen LogP contribution in [0.15, 0.2) is 46.6 Å². The fourth-order valence-electron chi connectivity index (χ4n) is 2.29. The highest BCUT2D eigenvalue weighted by molar-refractivity contribution is 5.57. The van der Waals surface area contributed by atoms with Gasteiger partial charge in [-0.1, -0.05) is 24.0 Å². The zero-order valence-electron chi connectivity index (χ0n) is 10.9. The standard InChI is InChI=1S/C18H12N2/c1-3-13-5-7-15-9-10-16-8-6-14(4-2)12-18(16)20-19-17(15)11-13/h1-2,5-8,11-12H,9-10H2. The van der Waals surface area contributed by atoms with Crippen LogP contribution in [0.3, 0.4) is 0 Å². The van der Waals surface area contributed by atoms with Crippen LogP contribution >= 0.6 is 0 Å². The zero-order valence-corrected chi connectivity index (χ0v) is 10.9. The smallest absolute Gasteiger partial charge is 0.0901 e. The van der Waals surface area contributed by atoms with Crippen LogP contribution in [0.25, 0.3) is 0 Å². The van der Waals surface area contributed by atoms with Crippen LogP contribution in [-0.4, -0.2) is 0 Å². The molecule has 1 aliphatic heterocycles. The molecule has 20 heavy (non-hydrogen) atoms. The van der Waals surface area contributed by atoms with Crippen molar-refractivity contribution in [3.05, 3.63) is 58.7 Å². The van der Waals surface area contributed by atoms with Crippen LogP contribution in [0, 0.1) is 24.7 Å². The number of hydrogen-bond donors (Lipinski definition) is 0. The maximum atomic E-state index is 5.42. The molecule has 0 N–H and O–H groups in total. The molecule has 1 heterocycles. The van der Waals surface area contributed by atoms with Gasteiger partial charge in [0, 0.05) is 11.1 Å². The summed E-state index contributed by atoms with van der Waals surface area (Å²) in [6, 6.07) is 11.7. The lowest BCUT2D eigenvalue weighted by Crippen LogP contribution is -1.95. The van der Waals surface area contributed by atoms with Gasteiger partial charge in [-0.2, -0.15) is 10.2 Å². The summed E-state index contributed by atoms with van der Waals surface area (Å²) in [6.45, 7) is 0. The molecule has 0 amide bonds. The third-order valence-electron chi connectivity index (χ3n) is 3.43. The van der Waals surface area contributed by atoms with Crippen molar-refractivity contribution in [3.8, 4) is 24.7 Å². The Balaban J connectivity index is 2.09. The quantitative estimate of drug-likeness (QED) is 0.632. The molecular formula is C18H12N2. The van der Waals surface area contributed by atoms with E-state index in [1.54, 1.807) is 0 Å². The van der Waals surface area contributed by atoms with Crippen LogP contribution in [0.4, 0.5) is 11.4 Å². The molecule has 0 saturated carbocycles. The molecule has 0 atom stereocenters. The Morgan fingerprint density at radius 2 is 1.20 bits per heavy atom. The first-order valence-corrected chi connectivity index (χ1v) is 6.41. The lowest BCUT2D eigenvalue weighted by Gasteiger charge is -2.11. The van der Waals surface area contributed by atoms with E-state index < -0.39 is 0 Å². The minimum atomic E-state index is 0.820. The average molecular weight is 256 g/mol. The van der Waals surface area contributed by atoms with Crippen molar-refractivity contribution < 1.29 is 0 Å². The van der Waals surface area contributed by atoms with Crippen LogP contribution in [0.1, 0.15) is 22.3 Å². The van der Waals surface area contributed by atoms with E-state index in [-0.39, 0.29) is 0 Å². The van der Waals surface area contributed by atoms with Gasteiger partial charge in [0.05, 0.1) is 11.4 Å². The largest absolute Gasteiger partial charge is 0.150 e. The average Bonchev–Trinajstić information content (AvgIpc) is 2.49. The summed E-state index contributed by atoms with van der Waals surface area (Å²) in [6.07, 6.45) is 12.7. The Kier molecular flexibility index (Phi) is 3.07. The normalized spacial score (nSPS) is 12.3. The summed E-state index contributed by atoms with van der Waals surface area (Å²) in [5.41, 5.74) is 5.66. The zero-order chi connectivity index (χ0) is 13.9. The number of aryl methyl sites for hydroxylation is 2. The number of terminal acetylenes is 2. The van der Waals surface area contributed by atoms with E-state index in [2.05, 4.69) is 22.1 Å². The highest BCUT2D eigenvalue weighted by Crippen LogP contribution is 2.31. The van der Waals surface area contributed by atoms with E-state index in [4.69, 9.17) is 12.8 Å². The van der Waals surface area contributed by atoms with Gasteiger partial charge in [-0.15, -0.1) is 12.8 Å². The van der Waals surface area contributed by atoms with Crippen molar-refractivity contribution in [1.29, 1.82) is 0 Å². The van der Waals surface area contributed by atoms with Crippen LogP contribution in [0.2, 0.25) is 0 Å². The van der Waals surface area contributed by atoms with Crippen molar-refractivity contribution in [1.82, 2.24) is 0 Å². The van der Waals surface area contributed by atoms with Gasteiger partial charge in [0.2, 0.25) is 0 Å². The van der Waals surface area contributed by atoms with E-state index in [0.717, 1.165) is 35.3 Å². The van der Waals surface area contributed by atoms with E-state index >= 15 is 0 Å². The van der Waals surface area contributed by atoms with Gasteiger partial charge in [-0.3, -0.25) is 0 Å². The van der Waals surface area contributed by atoms with Crippen molar-refractivity contribution in [2.75, 3.05) is 0 Å². The topological polar surface area (TPSA) is 24.7 Å². The van der Waals surface area contributed by atoms with Gasteiger partial charge in [0.25, 0.3) is 0 Å². The summed E-state index contributed by atoms with van der Waals surface area (Å²) < 4.78 is 0. The molecule has 94 valence electrons. The second-order valence-electron chi connectivity index (χ2n) is 4.68. The van der Waals surface area contributed by atoms with Gasteiger partial charge >= 0.3 is 0 Å². The summed E-state index contributed by atoms with van der Waals surface area (Å²) in [5, 5.41) is 8.67. The molecule has 2 nitrogen and oxygen atoms in total. The van der Waals surface area contributed by atoms with Gasteiger partial charge < -0.3 is 0 Å². The van der Waals surface area contributed by atoms with Crippen molar-refractivity contribution in [2.45, 2.75) is 12.8 Å². The first-order valence-electron chi connectivity index (χ1n) is 6.41. The number of benzene rings is 2. The second-order valence-corrected chi connectivity index (χ2v) is 4.68. The number of nitrogens with zero attached hydrogens (tertiary/aromatic N) is 2. The maximum Gasteiger partial charge on any atom is 0.0901 e. The molecule has 0 bridgehead atoms. The lowest BCUT2D eigenvalue weighted by molar-refractivity contribution is 0.935. The number of hydrogen-bond acceptors (Lipinski definition) is 2. The molecule has 0 aromatic heterocycles. The monoisotopic (exact) mass is 256 g/mol. The fourth-order valence-corrected chi connectivity index (χ4v) is 2.29. The van der Waals surface area contributed by atoms with E-state index in [1.807, 2.05) is 36.4 Å². The highest BCUT2D eigenvalue weighted by Gasteiger charge is 2.10. The number of fused-ring (bicyclic) bond motifs is 2. The van der Waals surface area contributed by atoms with E-state index in [0.29, 0.717) is 0 Å². The molecule has 0 unspecified atom stereocenters. The van der Waals surface area contributed by atoms with Crippen LogP contribution < -0.4 is 0 Å². The molecule has 0 aliphatic carbocycles. The molecule has 2 aromatic carbocycles. The van der Waals surface area contributed by atoms with Gasteiger partial charge in [-0.05, 0) is 48.2 Å². The molecule has 2 aromatic rings. The van der Waals surface area contributed by atoms with Crippen molar-refractivity contribution in [2.24, 2.45) is 10.2 Å². The van der Waals surface area contributed by atoms with Crippen molar-refractivity contribution >= 4 is 11.4 Å². The molecule has 1 aliphatic rings. The number of rotatable bonds is 0. The van der Waals surface area contributed by atoms with Gasteiger partial charge in [-0.25, -0.2) is 0 Å². The number of azo groups is 1. The van der Waals surface area contributed by atoms with Crippen LogP contribution in [-0.2, 0) is 12.8 Å². The third kappa shape index (κ3) is 2.20. The lowest BCUT2D eigenvalue weighted by atomic mass is 9.99. The summed E-state index contributed by atoms with van der Waals surface area (Å²) >= 11 is 0. The van der Waals surface area contributed by atoms with Crippen molar-refractivity contribution in [3.63, 3.8) is 0 Å². The highest BCUT2D eigenvalue weighted by atomic mass is 15.1. The molecule has 0 fully saturated rings.